The number of nitrogens with one attached hydrogen (secondary N) is 2. The van der Waals surface area contributed by atoms with Gasteiger partial charge in [0, 0.05) is 11.1 Å². The normalized spacial score (nSPS) is 15.5. The zero-order valence-corrected chi connectivity index (χ0v) is 18.3. The number of ether oxygens (including phenoxy) is 1. The second kappa shape index (κ2) is 8.85. The minimum Gasteiger partial charge on any atom is -0.496 e. The Bertz CT molecular complexity index is 1370. The van der Waals surface area contributed by atoms with Crippen LogP contribution in [0.3, 0.4) is 0 Å². The average molecular weight is 465 g/mol. The fourth-order valence-corrected chi connectivity index (χ4v) is 3.96. The van der Waals surface area contributed by atoms with E-state index in [0.29, 0.717) is 17.0 Å². The van der Waals surface area contributed by atoms with Gasteiger partial charge in [-0.2, -0.15) is 0 Å². The van der Waals surface area contributed by atoms with Gasteiger partial charge in [-0.25, -0.2) is 18.5 Å². The van der Waals surface area contributed by atoms with Gasteiger partial charge in [0.25, 0.3) is 11.8 Å². The largest absolute Gasteiger partial charge is 0.496 e. The van der Waals surface area contributed by atoms with Crippen LogP contribution in [0.25, 0.3) is 0 Å². The summed E-state index contributed by atoms with van der Waals surface area (Å²) in [5.41, 5.74) is 2.42. The molecule has 0 saturated heterocycles. The summed E-state index contributed by atoms with van der Waals surface area (Å²) in [5, 5.41) is 10.5. The van der Waals surface area contributed by atoms with Gasteiger partial charge in [-0.1, -0.05) is 48.5 Å². The van der Waals surface area contributed by atoms with Crippen molar-refractivity contribution >= 4 is 33.2 Å². The van der Waals surface area contributed by atoms with Gasteiger partial charge in [0.1, 0.15) is 5.75 Å². The zero-order chi connectivity index (χ0) is 23.6. The van der Waals surface area contributed by atoms with Gasteiger partial charge in [-0.3, -0.25) is 9.59 Å². The molecule has 0 spiro atoms. The predicted octanol–water partition coefficient (Wildman–Crippen LogP) is 1.89. The lowest BCUT2D eigenvalue weighted by Crippen LogP contribution is -2.42. The summed E-state index contributed by atoms with van der Waals surface area (Å²) in [6, 6.07) is 20.1. The molecule has 1 aliphatic rings. The van der Waals surface area contributed by atoms with E-state index in [1.807, 2.05) is 42.5 Å². The number of hydrogen-bond acceptors (Lipinski definition) is 6. The smallest absolute Gasteiger partial charge is 0.269 e. The Labute approximate surface area is 190 Å². The number of nitrogens with two attached hydrogens (primary N) is 1. The third-order valence-electron chi connectivity index (χ3n) is 5.01. The van der Waals surface area contributed by atoms with E-state index in [1.165, 1.54) is 19.2 Å². The molecule has 4 rings (SSSR count). The van der Waals surface area contributed by atoms with E-state index >= 15 is 0 Å². The molecule has 0 bridgehead atoms. The molecular weight excluding hydrogens is 444 g/mol. The summed E-state index contributed by atoms with van der Waals surface area (Å²) in [6.45, 7) is 0. The maximum atomic E-state index is 13.1. The molecule has 2 amide bonds. The topological polar surface area (TPSA) is 140 Å². The van der Waals surface area contributed by atoms with Crippen LogP contribution < -0.4 is 20.5 Å². The van der Waals surface area contributed by atoms with Crippen molar-refractivity contribution in [3.63, 3.8) is 0 Å². The monoisotopic (exact) mass is 464 g/mol. The highest BCUT2D eigenvalue weighted by molar-refractivity contribution is 7.89. The van der Waals surface area contributed by atoms with Crippen molar-refractivity contribution in [1.82, 2.24) is 5.32 Å². The molecule has 168 valence electrons. The number of benzene rings is 3. The van der Waals surface area contributed by atoms with Crippen molar-refractivity contribution in [2.75, 3.05) is 12.4 Å². The van der Waals surface area contributed by atoms with Crippen molar-refractivity contribution in [2.24, 2.45) is 10.1 Å². The molecule has 1 heterocycles. The zero-order valence-electron chi connectivity index (χ0n) is 17.5. The molecule has 0 fully saturated rings. The third-order valence-corrected chi connectivity index (χ3v) is 5.92. The quantitative estimate of drug-likeness (QED) is 0.529. The van der Waals surface area contributed by atoms with Gasteiger partial charge in [0.15, 0.2) is 0 Å². The maximum Gasteiger partial charge on any atom is 0.269 e. The Morgan fingerprint density at radius 1 is 1.06 bits per heavy atom. The van der Waals surface area contributed by atoms with E-state index in [0.717, 1.165) is 11.6 Å². The van der Waals surface area contributed by atoms with Crippen LogP contribution in [0.15, 0.2) is 82.7 Å². The minimum absolute atomic E-state index is 0.102. The first-order chi connectivity index (χ1) is 15.8. The molecular formula is C23H20N4O5S. The molecule has 0 saturated carbocycles. The molecule has 9 nitrogen and oxygen atoms in total. The summed E-state index contributed by atoms with van der Waals surface area (Å²) in [5.74, 6) is -1.19. The Kier molecular flexibility index (Phi) is 5.95. The van der Waals surface area contributed by atoms with Crippen LogP contribution in [0.2, 0.25) is 0 Å². The third kappa shape index (κ3) is 4.61. The van der Waals surface area contributed by atoms with Crippen molar-refractivity contribution in [3.05, 3.63) is 89.5 Å². The van der Waals surface area contributed by atoms with Gasteiger partial charge in [-0.05, 0) is 24.3 Å². The number of hydrogen-bond donors (Lipinski definition) is 3. The number of aliphatic imine (C=N–C) groups is 1. The molecule has 1 aliphatic heterocycles. The number of rotatable bonds is 5. The lowest BCUT2D eigenvalue weighted by molar-refractivity contribution is -0.117. The van der Waals surface area contributed by atoms with Gasteiger partial charge in [0.05, 0.1) is 29.0 Å². The second-order valence-electron chi connectivity index (χ2n) is 7.16. The number of sulfonamides is 1. The fraction of sp³-hybridized carbons (Fsp3) is 0.0870. The molecule has 4 N–H and O–H groups in total. The standard InChI is InChI=1S/C23H20N4O5S/c1-32-19-12-11-15(33(24,30)31)13-17(19)22(28)27-21-23(29)25-18-10-6-5-9-16(18)20(26-21)14-7-3-2-4-8-14/h2-13,21H,1H3,(H,25,29)(H,27,28)(H2,24,30,31). The van der Waals surface area contributed by atoms with Crippen molar-refractivity contribution in [3.8, 4) is 5.75 Å². The summed E-state index contributed by atoms with van der Waals surface area (Å²) in [4.78, 5) is 30.3. The number of para-hydroxylation sites is 1. The first-order valence-corrected chi connectivity index (χ1v) is 11.4. The average Bonchev–Trinajstić information content (AvgIpc) is 2.95. The number of methoxy groups -OCH3 is 1. The van der Waals surface area contributed by atoms with Gasteiger partial charge >= 0.3 is 0 Å². The van der Waals surface area contributed by atoms with E-state index in [-0.39, 0.29) is 16.2 Å². The van der Waals surface area contributed by atoms with Crippen LogP contribution in [0, 0.1) is 0 Å². The predicted molar refractivity (Wildman–Crippen MR) is 123 cm³/mol. The molecule has 0 aliphatic carbocycles. The number of carbonyl (C=O) groups excluding carboxylic acids is 2. The van der Waals surface area contributed by atoms with Crippen LogP contribution in [0.5, 0.6) is 5.75 Å². The number of primary sulfonamides is 1. The molecule has 3 aromatic carbocycles. The molecule has 0 radical (unpaired) electrons. The maximum absolute atomic E-state index is 13.1. The molecule has 1 unspecified atom stereocenters. The van der Waals surface area contributed by atoms with Crippen LogP contribution in [0.4, 0.5) is 5.69 Å². The van der Waals surface area contributed by atoms with Crippen LogP contribution >= 0.6 is 0 Å². The van der Waals surface area contributed by atoms with Gasteiger partial charge < -0.3 is 15.4 Å². The summed E-state index contributed by atoms with van der Waals surface area (Å²) in [6.07, 6.45) is -1.29. The van der Waals surface area contributed by atoms with E-state index in [4.69, 9.17) is 9.88 Å². The summed E-state index contributed by atoms with van der Waals surface area (Å²) >= 11 is 0. The second-order valence-corrected chi connectivity index (χ2v) is 8.72. The highest BCUT2D eigenvalue weighted by atomic mass is 32.2. The lowest BCUT2D eigenvalue weighted by Gasteiger charge is -2.15. The SMILES string of the molecule is COc1ccc(S(N)(=O)=O)cc1C(=O)NC1N=C(c2ccccc2)c2ccccc2NC1=O. The number of anilines is 1. The van der Waals surface area contributed by atoms with Crippen LogP contribution in [-0.4, -0.2) is 39.2 Å². The number of amides is 2. The molecule has 0 aromatic heterocycles. The van der Waals surface area contributed by atoms with Crippen molar-refractivity contribution in [2.45, 2.75) is 11.1 Å². The fourth-order valence-electron chi connectivity index (χ4n) is 3.42. The molecule has 3 aromatic rings. The Hall–Kier alpha value is -4.02. The number of nitrogens with zero attached hydrogens (tertiary/aromatic N) is 1. The highest BCUT2D eigenvalue weighted by Crippen LogP contribution is 2.25. The van der Waals surface area contributed by atoms with Crippen molar-refractivity contribution < 1.29 is 22.7 Å². The summed E-state index contributed by atoms with van der Waals surface area (Å²) < 4.78 is 28.7. The Morgan fingerprint density at radius 3 is 2.45 bits per heavy atom. The van der Waals surface area contributed by atoms with Crippen molar-refractivity contribution in [1.29, 1.82) is 0 Å². The van der Waals surface area contributed by atoms with E-state index in [2.05, 4.69) is 15.6 Å². The Balaban J connectivity index is 1.75. The first kappa shape index (κ1) is 22.2. The van der Waals surface area contributed by atoms with Crippen LogP contribution in [-0.2, 0) is 14.8 Å². The Morgan fingerprint density at radius 2 is 1.76 bits per heavy atom. The summed E-state index contributed by atoms with van der Waals surface area (Å²) in [7, 11) is -2.72. The van der Waals surface area contributed by atoms with E-state index in [9.17, 15) is 18.0 Å². The number of benzodiazepines with no additional fused rings is 1. The molecule has 33 heavy (non-hydrogen) atoms. The number of fused-ring (bicyclic) bond motifs is 1. The van der Waals surface area contributed by atoms with Crippen LogP contribution in [0.1, 0.15) is 21.5 Å². The van der Waals surface area contributed by atoms with Gasteiger partial charge in [-0.15, -0.1) is 0 Å². The van der Waals surface area contributed by atoms with Gasteiger partial charge in [0.2, 0.25) is 16.2 Å². The highest BCUT2D eigenvalue weighted by Gasteiger charge is 2.28. The first-order valence-electron chi connectivity index (χ1n) is 9.83. The molecule has 10 heteroatoms. The number of carbonyl (C=O) groups is 2. The molecule has 1 atom stereocenters. The minimum atomic E-state index is -4.06. The van der Waals surface area contributed by atoms with E-state index < -0.39 is 28.0 Å². The lowest BCUT2D eigenvalue weighted by atomic mass is 10.0. The van der Waals surface area contributed by atoms with E-state index in [1.54, 1.807) is 12.1 Å².